The summed E-state index contributed by atoms with van der Waals surface area (Å²) in [5.41, 5.74) is 11.3. The zero-order valence-corrected chi connectivity index (χ0v) is 12.2. The average Bonchev–Trinajstić information content (AvgIpc) is 2.49. The van der Waals surface area contributed by atoms with Crippen molar-refractivity contribution in [1.29, 1.82) is 5.26 Å². The SMILES string of the molecule is CC1Cc2ccccc2N(c2ccc(N)c(CC#N)c2)C1. The molecule has 0 amide bonds. The van der Waals surface area contributed by atoms with Crippen molar-refractivity contribution in [1.82, 2.24) is 0 Å². The van der Waals surface area contributed by atoms with Crippen LogP contribution in [0.1, 0.15) is 18.1 Å². The smallest absolute Gasteiger partial charge is 0.0670 e. The molecule has 0 radical (unpaired) electrons. The van der Waals surface area contributed by atoms with Crippen LogP contribution in [-0.2, 0) is 12.8 Å². The summed E-state index contributed by atoms with van der Waals surface area (Å²) in [6, 6.07) is 16.7. The number of hydrogen-bond acceptors (Lipinski definition) is 3. The van der Waals surface area contributed by atoms with Crippen molar-refractivity contribution in [3.63, 3.8) is 0 Å². The van der Waals surface area contributed by atoms with E-state index in [1.165, 1.54) is 11.3 Å². The highest BCUT2D eigenvalue weighted by Crippen LogP contribution is 2.36. The maximum atomic E-state index is 8.93. The summed E-state index contributed by atoms with van der Waals surface area (Å²) < 4.78 is 0. The second-order valence-electron chi connectivity index (χ2n) is 5.77. The molecule has 3 nitrogen and oxygen atoms in total. The Hall–Kier alpha value is -2.47. The Morgan fingerprint density at radius 2 is 2.10 bits per heavy atom. The Labute approximate surface area is 125 Å². The molecule has 0 fully saturated rings. The Morgan fingerprint density at radius 3 is 2.90 bits per heavy atom. The molecule has 3 rings (SSSR count). The Bertz CT molecular complexity index is 700. The van der Waals surface area contributed by atoms with E-state index in [4.69, 9.17) is 11.0 Å². The first kappa shape index (κ1) is 13.5. The Morgan fingerprint density at radius 1 is 1.29 bits per heavy atom. The Kier molecular flexibility index (Phi) is 3.53. The first-order valence-electron chi connectivity index (χ1n) is 7.30. The van der Waals surface area contributed by atoms with Crippen LogP contribution >= 0.6 is 0 Å². The van der Waals surface area contributed by atoms with Gasteiger partial charge in [0.1, 0.15) is 0 Å². The van der Waals surface area contributed by atoms with Crippen molar-refractivity contribution in [2.75, 3.05) is 17.2 Å². The molecule has 0 aromatic heterocycles. The van der Waals surface area contributed by atoms with Crippen LogP contribution in [0.25, 0.3) is 0 Å². The minimum atomic E-state index is 0.352. The van der Waals surface area contributed by atoms with Crippen LogP contribution in [-0.4, -0.2) is 6.54 Å². The molecule has 0 saturated carbocycles. The first-order chi connectivity index (χ1) is 10.2. The van der Waals surface area contributed by atoms with E-state index in [1.54, 1.807) is 0 Å². The monoisotopic (exact) mass is 277 g/mol. The number of anilines is 3. The van der Waals surface area contributed by atoms with Crippen LogP contribution in [0.4, 0.5) is 17.1 Å². The van der Waals surface area contributed by atoms with E-state index in [-0.39, 0.29) is 0 Å². The fourth-order valence-electron chi connectivity index (χ4n) is 3.04. The van der Waals surface area contributed by atoms with Crippen molar-refractivity contribution in [2.45, 2.75) is 19.8 Å². The molecule has 1 aliphatic heterocycles. The van der Waals surface area contributed by atoms with Gasteiger partial charge in [-0.2, -0.15) is 5.26 Å². The lowest BCUT2D eigenvalue weighted by atomic mass is 9.93. The third-order valence-corrected chi connectivity index (χ3v) is 4.05. The van der Waals surface area contributed by atoms with Gasteiger partial charge in [0.05, 0.1) is 12.5 Å². The normalized spacial score (nSPS) is 17.1. The molecular weight excluding hydrogens is 258 g/mol. The van der Waals surface area contributed by atoms with Crippen molar-refractivity contribution in [3.8, 4) is 6.07 Å². The molecule has 1 atom stereocenters. The third-order valence-electron chi connectivity index (χ3n) is 4.05. The van der Waals surface area contributed by atoms with Gasteiger partial charge in [-0.25, -0.2) is 0 Å². The fraction of sp³-hybridized carbons (Fsp3) is 0.278. The summed E-state index contributed by atoms with van der Waals surface area (Å²) in [5.74, 6) is 0.608. The number of hydrogen-bond donors (Lipinski definition) is 1. The molecular formula is C18H19N3. The van der Waals surface area contributed by atoms with E-state index < -0.39 is 0 Å². The van der Waals surface area contributed by atoms with Gasteiger partial charge in [-0.1, -0.05) is 25.1 Å². The molecule has 1 unspecified atom stereocenters. The van der Waals surface area contributed by atoms with Crippen LogP contribution in [0, 0.1) is 17.2 Å². The minimum absolute atomic E-state index is 0.352. The Balaban J connectivity index is 2.05. The number of benzene rings is 2. The van der Waals surface area contributed by atoms with Crippen molar-refractivity contribution in [3.05, 3.63) is 53.6 Å². The number of rotatable bonds is 2. The summed E-state index contributed by atoms with van der Waals surface area (Å²) in [7, 11) is 0. The molecule has 106 valence electrons. The highest BCUT2D eigenvalue weighted by molar-refractivity contribution is 5.70. The van der Waals surface area contributed by atoms with Crippen LogP contribution in [0.15, 0.2) is 42.5 Å². The van der Waals surface area contributed by atoms with Gasteiger partial charge in [-0.3, -0.25) is 0 Å². The van der Waals surface area contributed by atoms with Gasteiger partial charge in [0.2, 0.25) is 0 Å². The van der Waals surface area contributed by atoms with Crippen LogP contribution in [0.3, 0.4) is 0 Å². The van der Waals surface area contributed by atoms with Gasteiger partial charge in [0.25, 0.3) is 0 Å². The molecule has 2 aromatic rings. The summed E-state index contributed by atoms with van der Waals surface area (Å²) >= 11 is 0. The van der Waals surface area contributed by atoms with E-state index in [2.05, 4.69) is 42.2 Å². The molecule has 1 heterocycles. The highest BCUT2D eigenvalue weighted by Gasteiger charge is 2.22. The van der Waals surface area contributed by atoms with Gasteiger partial charge in [0.15, 0.2) is 0 Å². The molecule has 1 aliphatic rings. The number of nitrogens with two attached hydrogens (primary N) is 1. The van der Waals surface area contributed by atoms with Crippen molar-refractivity contribution in [2.24, 2.45) is 5.92 Å². The highest BCUT2D eigenvalue weighted by atomic mass is 15.1. The first-order valence-corrected chi connectivity index (χ1v) is 7.30. The molecule has 0 saturated heterocycles. The standard InChI is InChI=1S/C18H19N3/c1-13-10-15-4-2-3-5-18(15)21(12-13)16-6-7-17(20)14(11-16)8-9-19/h2-7,11,13H,8,10,12,20H2,1H3. The van der Waals surface area contributed by atoms with Crippen molar-refractivity contribution >= 4 is 17.1 Å². The lowest BCUT2D eigenvalue weighted by Gasteiger charge is -2.35. The van der Waals surface area contributed by atoms with Gasteiger partial charge in [-0.15, -0.1) is 0 Å². The zero-order chi connectivity index (χ0) is 14.8. The maximum absolute atomic E-state index is 8.93. The second-order valence-corrected chi connectivity index (χ2v) is 5.77. The maximum Gasteiger partial charge on any atom is 0.0670 e. The predicted octanol–water partition coefficient (Wildman–Crippen LogP) is 3.67. The van der Waals surface area contributed by atoms with E-state index in [0.717, 1.165) is 24.2 Å². The van der Waals surface area contributed by atoms with E-state index >= 15 is 0 Å². The number of para-hydroxylation sites is 1. The fourth-order valence-corrected chi connectivity index (χ4v) is 3.04. The summed E-state index contributed by atoms with van der Waals surface area (Å²) in [4.78, 5) is 2.34. The topological polar surface area (TPSA) is 53.0 Å². The van der Waals surface area contributed by atoms with Crippen molar-refractivity contribution < 1.29 is 0 Å². The third kappa shape index (κ3) is 2.57. The summed E-state index contributed by atoms with van der Waals surface area (Å²) in [6.07, 6.45) is 1.47. The summed E-state index contributed by atoms with van der Waals surface area (Å²) in [5, 5.41) is 8.93. The van der Waals surface area contributed by atoms with E-state index in [0.29, 0.717) is 18.0 Å². The van der Waals surface area contributed by atoms with Gasteiger partial charge >= 0.3 is 0 Å². The van der Waals surface area contributed by atoms with Gasteiger partial charge < -0.3 is 10.6 Å². The molecule has 2 N–H and O–H groups in total. The zero-order valence-electron chi connectivity index (χ0n) is 12.2. The van der Waals surface area contributed by atoms with Gasteiger partial charge in [-0.05, 0) is 47.7 Å². The largest absolute Gasteiger partial charge is 0.398 e. The molecule has 0 aliphatic carbocycles. The van der Waals surface area contributed by atoms with Crippen LogP contribution in [0.5, 0.6) is 0 Å². The number of nitrogen functional groups attached to an aromatic ring is 1. The average molecular weight is 277 g/mol. The lowest BCUT2D eigenvalue weighted by molar-refractivity contribution is 0.562. The second kappa shape index (κ2) is 5.49. The van der Waals surface area contributed by atoms with Crippen LogP contribution in [0.2, 0.25) is 0 Å². The molecule has 2 aromatic carbocycles. The predicted molar refractivity (Wildman–Crippen MR) is 86.5 cm³/mol. The van der Waals surface area contributed by atoms with Gasteiger partial charge in [0, 0.05) is 23.6 Å². The lowest BCUT2D eigenvalue weighted by Crippen LogP contribution is -2.30. The summed E-state index contributed by atoms with van der Waals surface area (Å²) in [6.45, 7) is 3.27. The van der Waals surface area contributed by atoms with Crippen LogP contribution < -0.4 is 10.6 Å². The molecule has 0 spiro atoms. The van der Waals surface area contributed by atoms with E-state index in [9.17, 15) is 0 Å². The molecule has 3 heteroatoms. The minimum Gasteiger partial charge on any atom is -0.398 e. The number of nitriles is 1. The molecule has 21 heavy (non-hydrogen) atoms. The van der Waals surface area contributed by atoms with E-state index in [1.807, 2.05) is 18.2 Å². The number of nitrogens with zero attached hydrogens (tertiary/aromatic N) is 2. The molecule has 0 bridgehead atoms. The quantitative estimate of drug-likeness (QED) is 0.852. The number of fused-ring (bicyclic) bond motifs is 1.